The molecule has 2 aromatic rings. The van der Waals surface area contributed by atoms with Crippen LogP contribution < -0.4 is 29.6 Å². The van der Waals surface area contributed by atoms with E-state index in [1.165, 1.54) is 0 Å². The first-order chi connectivity index (χ1) is 15.9. The van der Waals surface area contributed by atoms with Crippen LogP contribution in [0.4, 0.5) is 10.5 Å². The van der Waals surface area contributed by atoms with E-state index in [-0.39, 0.29) is 18.7 Å². The average molecular weight is 456 g/mol. The van der Waals surface area contributed by atoms with E-state index >= 15 is 0 Å². The summed E-state index contributed by atoms with van der Waals surface area (Å²) in [5, 5.41) is 5.92. The number of nitrogens with one attached hydrogen (secondary N) is 2. The zero-order valence-corrected chi connectivity index (χ0v) is 19.1. The Kier molecular flexibility index (Phi) is 6.48. The smallest absolute Gasteiger partial charge is 0.321 e. The van der Waals surface area contributed by atoms with Crippen molar-refractivity contribution in [3.8, 4) is 23.0 Å². The molecule has 33 heavy (non-hydrogen) atoms. The molecule has 2 aliphatic heterocycles. The fraction of sp³-hybridized carbons (Fsp3) is 0.417. The zero-order chi connectivity index (χ0) is 23.4. The van der Waals surface area contributed by atoms with Gasteiger partial charge < -0.3 is 34.5 Å². The number of hydrogen-bond acceptors (Lipinski definition) is 6. The summed E-state index contributed by atoms with van der Waals surface area (Å²) in [5.74, 6) is 2.54. The van der Waals surface area contributed by atoms with Crippen LogP contribution in [0.15, 0.2) is 36.4 Å². The molecule has 0 atom stereocenters. The number of urea groups is 1. The Balaban J connectivity index is 1.29. The second kappa shape index (κ2) is 9.48. The Morgan fingerprint density at radius 3 is 2.45 bits per heavy atom. The molecule has 4 rings (SSSR count). The maximum absolute atomic E-state index is 12.9. The number of fused-ring (bicyclic) bond motifs is 1. The van der Waals surface area contributed by atoms with Crippen molar-refractivity contribution in [2.75, 3.05) is 39.4 Å². The van der Waals surface area contributed by atoms with Crippen LogP contribution in [0.1, 0.15) is 25.3 Å². The van der Waals surface area contributed by atoms with Gasteiger partial charge in [0.15, 0.2) is 23.0 Å². The molecule has 9 heteroatoms. The molecule has 1 saturated heterocycles. The number of ether oxygens (including phenoxy) is 4. The van der Waals surface area contributed by atoms with E-state index in [1.54, 1.807) is 37.3 Å². The Labute approximate surface area is 192 Å². The number of nitrogens with zero attached hydrogens (tertiary/aromatic N) is 1. The van der Waals surface area contributed by atoms with Gasteiger partial charge in [-0.05, 0) is 42.7 Å². The monoisotopic (exact) mass is 455 g/mol. The Morgan fingerprint density at radius 2 is 1.73 bits per heavy atom. The van der Waals surface area contributed by atoms with Gasteiger partial charge in [0, 0.05) is 36.8 Å². The molecule has 2 aromatic carbocycles. The zero-order valence-electron chi connectivity index (χ0n) is 19.1. The van der Waals surface area contributed by atoms with E-state index in [4.69, 9.17) is 18.9 Å². The summed E-state index contributed by atoms with van der Waals surface area (Å²) < 4.78 is 21.2. The standard InChI is InChI=1S/C24H29N3O6/c1-24(22(28)25-14-16-4-6-19-21(12-16)33-15-32-19)8-10-27(11-9-24)23(29)26-17-5-7-18(30-2)20(13-17)31-3/h4-7,12-13H,8-11,14-15H2,1-3H3,(H,25,28)(H,26,29). The first kappa shape index (κ1) is 22.6. The first-order valence-corrected chi connectivity index (χ1v) is 10.9. The maximum atomic E-state index is 12.9. The fourth-order valence-electron chi connectivity index (χ4n) is 3.99. The van der Waals surface area contributed by atoms with Gasteiger partial charge in [0.1, 0.15) is 0 Å². The quantitative estimate of drug-likeness (QED) is 0.693. The van der Waals surface area contributed by atoms with E-state index in [0.29, 0.717) is 55.4 Å². The Hall–Kier alpha value is -3.62. The molecule has 0 bridgehead atoms. The topological polar surface area (TPSA) is 98.4 Å². The Bertz CT molecular complexity index is 1030. The molecular formula is C24H29N3O6. The van der Waals surface area contributed by atoms with Crippen LogP contribution in [-0.2, 0) is 11.3 Å². The van der Waals surface area contributed by atoms with Gasteiger partial charge in [-0.2, -0.15) is 0 Å². The van der Waals surface area contributed by atoms with E-state index in [1.807, 2.05) is 25.1 Å². The van der Waals surface area contributed by atoms with Crippen LogP contribution in [0, 0.1) is 5.41 Å². The molecular weight excluding hydrogens is 426 g/mol. The molecule has 2 N–H and O–H groups in total. The highest BCUT2D eigenvalue weighted by Gasteiger charge is 2.38. The molecule has 0 aliphatic carbocycles. The molecule has 2 aliphatic rings. The van der Waals surface area contributed by atoms with Gasteiger partial charge in [-0.15, -0.1) is 0 Å². The summed E-state index contributed by atoms with van der Waals surface area (Å²) in [6.07, 6.45) is 1.17. The number of carbonyl (C=O) groups excluding carboxylic acids is 2. The third-order valence-electron chi connectivity index (χ3n) is 6.23. The fourth-order valence-corrected chi connectivity index (χ4v) is 3.99. The molecule has 0 saturated carbocycles. The third-order valence-corrected chi connectivity index (χ3v) is 6.23. The van der Waals surface area contributed by atoms with E-state index in [9.17, 15) is 9.59 Å². The van der Waals surface area contributed by atoms with Crippen molar-refractivity contribution < 1.29 is 28.5 Å². The summed E-state index contributed by atoms with van der Waals surface area (Å²) in [6, 6.07) is 10.7. The van der Waals surface area contributed by atoms with Crippen molar-refractivity contribution in [3.63, 3.8) is 0 Å². The predicted octanol–water partition coefficient (Wildman–Crippen LogP) is 3.38. The summed E-state index contributed by atoms with van der Waals surface area (Å²) in [7, 11) is 3.11. The number of hydrogen-bond donors (Lipinski definition) is 2. The molecule has 0 aromatic heterocycles. The minimum Gasteiger partial charge on any atom is -0.493 e. The lowest BCUT2D eigenvalue weighted by Gasteiger charge is -2.38. The van der Waals surface area contributed by atoms with Gasteiger partial charge in [-0.25, -0.2) is 4.79 Å². The predicted molar refractivity (Wildman–Crippen MR) is 122 cm³/mol. The molecule has 1 fully saturated rings. The van der Waals surface area contributed by atoms with Crippen LogP contribution in [0.3, 0.4) is 0 Å². The first-order valence-electron chi connectivity index (χ1n) is 10.9. The van der Waals surface area contributed by atoms with Gasteiger partial charge in [0.05, 0.1) is 14.2 Å². The molecule has 0 spiro atoms. The molecule has 9 nitrogen and oxygen atoms in total. The number of amides is 3. The van der Waals surface area contributed by atoms with Crippen LogP contribution in [0.5, 0.6) is 23.0 Å². The summed E-state index contributed by atoms with van der Waals surface area (Å²) in [5.41, 5.74) is 1.03. The van der Waals surface area contributed by atoms with Crippen molar-refractivity contribution in [3.05, 3.63) is 42.0 Å². The van der Waals surface area contributed by atoms with Gasteiger partial charge in [-0.3, -0.25) is 4.79 Å². The highest BCUT2D eigenvalue weighted by Crippen LogP contribution is 2.34. The number of piperidine rings is 1. The van der Waals surface area contributed by atoms with Gasteiger partial charge >= 0.3 is 6.03 Å². The number of rotatable bonds is 6. The van der Waals surface area contributed by atoms with Crippen molar-refractivity contribution in [1.82, 2.24) is 10.2 Å². The number of carbonyl (C=O) groups is 2. The second-order valence-electron chi connectivity index (χ2n) is 8.42. The van der Waals surface area contributed by atoms with E-state index in [0.717, 1.165) is 11.3 Å². The average Bonchev–Trinajstić information content (AvgIpc) is 3.30. The molecule has 0 unspecified atom stereocenters. The summed E-state index contributed by atoms with van der Waals surface area (Å²) in [6.45, 7) is 3.57. The lowest BCUT2D eigenvalue weighted by molar-refractivity contribution is -0.132. The van der Waals surface area contributed by atoms with Crippen molar-refractivity contribution >= 4 is 17.6 Å². The minimum absolute atomic E-state index is 0.0138. The largest absolute Gasteiger partial charge is 0.493 e. The van der Waals surface area contributed by atoms with E-state index in [2.05, 4.69) is 10.6 Å². The van der Waals surface area contributed by atoms with Crippen molar-refractivity contribution in [2.24, 2.45) is 5.41 Å². The van der Waals surface area contributed by atoms with Crippen molar-refractivity contribution in [1.29, 1.82) is 0 Å². The third kappa shape index (κ3) is 4.92. The number of anilines is 1. The highest BCUT2D eigenvalue weighted by molar-refractivity contribution is 5.90. The van der Waals surface area contributed by atoms with E-state index < -0.39 is 5.41 Å². The number of methoxy groups -OCH3 is 2. The number of benzene rings is 2. The second-order valence-corrected chi connectivity index (χ2v) is 8.42. The summed E-state index contributed by atoms with van der Waals surface area (Å²) in [4.78, 5) is 27.4. The highest BCUT2D eigenvalue weighted by atomic mass is 16.7. The van der Waals surface area contributed by atoms with Crippen LogP contribution >= 0.6 is 0 Å². The minimum atomic E-state index is -0.531. The van der Waals surface area contributed by atoms with Gasteiger partial charge in [0.2, 0.25) is 12.7 Å². The lowest BCUT2D eigenvalue weighted by Crippen LogP contribution is -2.49. The normalized spacial score (nSPS) is 16.2. The molecule has 3 amide bonds. The van der Waals surface area contributed by atoms with Gasteiger partial charge in [0.25, 0.3) is 0 Å². The molecule has 176 valence electrons. The summed E-state index contributed by atoms with van der Waals surface area (Å²) >= 11 is 0. The maximum Gasteiger partial charge on any atom is 0.321 e. The number of likely N-dealkylation sites (tertiary alicyclic amines) is 1. The SMILES string of the molecule is COc1ccc(NC(=O)N2CCC(C)(C(=O)NCc3ccc4c(c3)OCO4)CC2)cc1OC. The van der Waals surface area contributed by atoms with Gasteiger partial charge in [-0.1, -0.05) is 13.0 Å². The lowest BCUT2D eigenvalue weighted by atomic mass is 9.79. The molecule has 2 heterocycles. The van der Waals surface area contributed by atoms with Crippen molar-refractivity contribution in [2.45, 2.75) is 26.3 Å². The Morgan fingerprint density at radius 1 is 1.00 bits per heavy atom. The van der Waals surface area contributed by atoms with Crippen LogP contribution in [0.2, 0.25) is 0 Å². The van der Waals surface area contributed by atoms with Crippen LogP contribution in [-0.4, -0.2) is 50.9 Å². The molecule has 0 radical (unpaired) electrons. The van der Waals surface area contributed by atoms with Crippen LogP contribution in [0.25, 0.3) is 0 Å².